The number of rotatable bonds is 10. The quantitative estimate of drug-likeness (QED) is 0.536. The van der Waals surface area contributed by atoms with Gasteiger partial charge in [0, 0.05) is 0 Å². The van der Waals surface area contributed by atoms with E-state index in [4.69, 9.17) is 18.9 Å². The van der Waals surface area contributed by atoms with Crippen molar-refractivity contribution in [3.05, 3.63) is 59.7 Å². The van der Waals surface area contributed by atoms with Gasteiger partial charge in [-0.05, 0) is 64.3 Å². The lowest BCUT2D eigenvalue weighted by molar-refractivity contribution is -0.174. The summed E-state index contributed by atoms with van der Waals surface area (Å²) in [4.78, 5) is 25.2. The summed E-state index contributed by atoms with van der Waals surface area (Å²) < 4.78 is 21.9. The molecule has 0 aliphatic heterocycles. The normalized spacial score (nSPS) is 13.2. The summed E-state index contributed by atoms with van der Waals surface area (Å²) in [5, 5.41) is 10.6. The maximum absolute atomic E-state index is 12.8. The van der Waals surface area contributed by atoms with Crippen LogP contribution in [0.4, 0.5) is 0 Å². The molecule has 0 aliphatic rings. The lowest BCUT2D eigenvalue weighted by Gasteiger charge is -2.26. The fraction of sp³-hybridized carbons (Fsp3) is 0.462. The van der Waals surface area contributed by atoms with Gasteiger partial charge in [-0.1, -0.05) is 36.4 Å². The molecule has 0 aromatic heterocycles. The number of aliphatic hydroxyl groups is 1. The van der Waals surface area contributed by atoms with E-state index >= 15 is 0 Å². The van der Waals surface area contributed by atoms with E-state index in [1.54, 1.807) is 52.8 Å². The average molecular weight is 459 g/mol. The first-order valence-electron chi connectivity index (χ1n) is 10.9. The minimum absolute atomic E-state index is 0.0542. The van der Waals surface area contributed by atoms with Crippen LogP contribution in [0.3, 0.4) is 0 Å². The summed E-state index contributed by atoms with van der Waals surface area (Å²) in [6.45, 7) is 8.89. The van der Waals surface area contributed by atoms with Crippen molar-refractivity contribution in [3.8, 4) is 11.5 Å². The van der Waals surface area contributed by atoms with Crippen molar-refractivity contribution in [2.45, 2.75) is 65.5 Å². The van der Waals surface area contributed by atoms with E-state index in [2.05, 4.69) is 0 Å². The molecule has 2 aromatic rings. The Morgan fingerprint density at radius 3 is 2.18 bits per heavy atom. The minimum atomic E-state index is -1.66. The summed E-state index contributed by atoms with van der Waals surface area (Å²) in [6, 6.07) is 15.0. The van der Waals surface area contributed by atoms with Crippen molar-refractivity contribution < 1.29 is 33.6 Å². The molecule has 0 unspecified atom stereocenters. The molecule has 0 bridgehead atoms. The number of carbonyl (C=O) groups excluding carboxylic acids is 2. The van der Waals surface area contributed by atoms with Crippen molar-refractivity contribution in [2.75, 3.05) is 7.11 Å². The molecule has 33 heavy (non-hydrogen) atoms. The van der Waals surface area contributed by atoms with Crippen LogP contribution in [0.15, 0.2) is 48.5 Å². The fourth-order valence-corrected chi connectivity index (χ4v) is 3.12. The molecule has 0 saturated carbocycles. The number of methoxy groups -OCH3 is 1. The molecule has 7 heteroatoms. The van der Waals surface area contributed by atoms with E-state index in [1.807, 2.05) is 30.3 Å². The van der Waals surface area contributed by atoms with Crippen molar-refractivity contribution in [1.29, 1.82) is 0 Å². The zero-order valence-corrected chi connectivity index (χ0v) is 20.2. The van der Waals surface area contributed by atoms with Crippen LogP contribution in [0.25, 0.3) is 0 Å². The van der Waals surface area contributed by atoms with Crippen LogP contribution in [-0.2, 0) is 32.1 Å². The maximum atomic E-state index is 12.8. The molecule has 2 aromatic carbocycles. The lowest BCUT2D eigenvalue weighted by Crippen LogP contribution is -2.41. The molecule has 0 amide bonds. The van der Waals surface area contributed by atoms with Crippen LogP contribution in [0.5, 0.6) is 11.5 Å². The monoisotopic (exact) mass is 458 g/mol. The van der Waals surface area contributed by atoms with Crippen LogP contribution in [-0.4, -0.2) is 42.0 Å². The Hall–Kier alpha value is -3.06. The van der Waals surface area contributed by atoms with E-state index in [0.717, 1.165) is 5.56 Å². The Morgan fingerprint density at radius 1 is 0.939 bits per heavy atom. The average Bonchev–Trinajstić information content (AvgIpc) is 2.74. The third-order valence-electron chi connectivity index (χ3n) is 4.60. The van der Waals surface area contributed by atoms with Gasteiger partial charge >= 0.3 is 11.9 Å². The van der Waals surface area contributed by atoms with Gasteiger partial charge in [-0.15, -0.1) is 0 Å². The van der Waals surface area contributed by atoms with Gasteiger partial charge in [0.2, 0.25) is 0 Å². The highest BCUT2D eigenvalue weighted by Crippen LogP contribution is 2.31. The molecular weight excluding hydrogens is 424 g/mol. The smallest absolute Gasteiger partial charge is 0.336 e. The van der Waals surface area contributed by atoms with Crippen LogP contribution >= 0.6 is 0 Å². The Kier molecular flexibility index (Phi) is 9.29. The Labute approximate surface area is 195 Å². The van der Waals surface area contributed by atoms with Crippen molar-refractivity contribution in [1.82, 2.24) is 0 Å². The van der Waals surface area contributed by atoms with E-state index < -0.39 is 35.7 Å². The molecule has 0 saturated heterocycles. The third kappa shape index (κ3) is 8.42. The summed E-state index contributed by atoms with van der Waals surface area (Å²) in [6.07, 6.45) is -2.03. The predicted octanol–water partition coefficient (Wildman–Crippen LogP) is 4.09. The molecule has 0 fully saturated rings. The molecule has 180 valence electrons. The highest BCUT2D eigenvalue weighted by Gasteiger charge is 2.37. The topological polar surface area (TPSA) is 91.3 Å². The number of hydrogen-bond donors (Lipinski definition) is 1. The Bertz CT molecular complexity index is 916. The minimum Gasteiger partial charge on any atom is -0.493 e. The van der Waals surface area contributed by atoms with E-state index in [0.29, 0.717) is 23.7 Å². The van der Waals surface area contributed by atoms with Gasteiger partial charge in [0.15, 0.2) is 17.6 Å². The van der Waals surface area contributed by atoms with Crippen molar-refractivity contribution in [3.63, 3.8) is 0 Å². The van der Waals surface area contributed by atoms with Gasteiger partial charge in [0.05, 0.1) is 19.1 Å². The highest BCUT2D eigenvalue weighted by molar-refractivity contribution is 5.84. The van der Waals surface area contributed by atoms with Gasteiger partial charge in [-0.3, -0.25) is 4.79 Å². The molecule has 7 nitrogen and oxygen atoms in total. The second-order valence-electron chi connectivity index (χ2n) is 9.03. The SMILES string of the molecule is COc1cc(C[C@@H](C(=O)OC(C)(C)C)[C@H](O)C(=O)OC(C)C)ccc1OCc1ccccc1. The van der Waals surface area contributed by atoms with E-state index in [9.17, 15) is 14.7 Å². The van der Waals surface area contributed by atoms with Crippen molar-refractivity contribution in [2.24, 2.45) is 5.92 Å². The standard InChI is InChI=1S/C26H34O7/c1-17(2)32-25(29)23(27)20(24(28)33-26(3,4)5)14-19-12-13-21(22(15-19)30-6)31-16-18-10-8-7-9-11-18/h7-13,15,17,20,23,27H,14,16H2,1-6H3/t20-,23+/m1/s1. The Balaban J connectivity index is 2.22. The van der Waals surface area contributed by atoms with Gasteiger partial charge in [0.1, 0.15) is 12.2 Å². The molecule has 0 aliphatic carbocycles. The summed E-state index contributed by atoms with van der Waals surface area (Å²) in [7, 11) is 1.52. The molecular formula is C26H34O7. The first-order chi connectivity index (χ1) is 15.5. The highest BCUT2D eigenvalue weighted by atomic mass is 16.6. The number of aliphatic hydroxyl groups excluding tert-OH is 1. The number of esters is 2. The Morgan fingerprint density at radius 2 is 1.61 bits per heavy atom. The molecule has 0 heterocycles. The van der Waals surface area contributed by atoms with Gasteiger partial charge < -0.3 is 24.1 Å². The van der Waals surface area contributed by atoms with Gasteiger partial charge in [-0.25, -0.2) is 4.79 Å². The second kappa shape index (κ2) is 11.7. The zero-order valence-electron chi connectivity index (χ0n) is 20.2. The summed E-state index contributed by atoms with van der Waals surface area (Å²) in [5.74, 6) is -1.67. The van der Waals surface area contributed by atoms with E-state index in [-0.39, 0.29) is 6.42 Å². The lowest BCUT2D eigenvalue weighted by atomic mass is 9.93. The predicted molar refractivity (Wildman–Crippen MR) is 124 cm³/mol. The number of benzene rings is 2. The largest absolute Gasteiger partial charge is 0.493 e. The number of carbonyl (C=O) groups is 2. The first kappa shape index (κ1) is 26.2. The first-order valence-corrected chi connectivity index (χ1v) is 10.9. The van der Waals surface area contributed by atoms with Gasteiger partial charge in [0.25, 0.3) is 0 Å². The molecule has 1 N–H and O–H groups in total. The second-order valence-corrected chi connectivity index (χ2v) is 9.03. The van der Waals surface area contributed by atoms with E-state index in [1.165, 1.54) is 7.11 Å². The molecule has 2 rings (SSSR count). The number of hydrogen-bond acceptors (Lipinski definition) is 7. The fourth-order valence-electron chi connectivity index (χ4n) is 3.12. The zero-order chi connectivity index (χ0) is 24.6. The van der Waals surface area contributed by atoms with Crippen LogP contribution < -0.4 is 9.47 Å². The number of ether oxygens (including phenoxy) is 4. The van der Waals surface area contributed by atoms with Crippen LogP contribution in [0.2, 0.25) is 0 Å². The van der Waals surface area contributed by atoms with Gasteiger partial charge in [-0.2, -0.15) is 0 Å². The molecule has 0 spiro atoms. The van der Waals surface area contributed by atoms with Crippen LogP contribution in [0, 0.1) is 5.92 Å². The molecule has 2 atom stereocenters. The van der Waals surface area contributed by atoms with Crippen LogP contribution in [0.1, 0.15) is 45.7 Å². The summed E-state index contributed by atoms with van der Waals surface area (Å²) >= 11 is 0. The molecule has 0 radical (unpaired) electrons. The maximum Gasteiger partial charge on any atom is 0.336 e. The third-order valence-corrected chi connectivity index (χ3v) is 4.60. The van der Waals surface area contributed by atoms with Crippen molar-refractivity contribution >= 4 is 11.9 Å². The summed E-state index contributed by atoms with van der Waals surface area (Å²) in [5.41, 5.74) is 0.913.